The van der Waals surface area contributed by atoms with Gasteiger partial charge in [-0.3, -0.25) is 4.79 Å². The molecule has 2 atom stereocenters. The predicted octanol–water partition coefficient (Wildman–Crippen LogP) is 2.25. The zero-order chi connectivity index (χ0) is 12.5. The van der Waals surface area contributed by atoms with Crippen molar-refractivity contribution in [2.45, 2.75) is 32.1 Å². The topological polar surface area (TPSA) is 38.3 Å². The Kier molecular flexibility index (Phi) is 2.98. The molecule has 0 radical (unpaired) electrons. The quantitative estimate of drug-likeness (QED) is 0.883. The zero-order valence-electron chi connectivity index (χ0n) is 10.7. The molecule has 1 aromatic carbocycles. The standard InChI is InChI=1S/C15H19NO2/c1-2-15(17)16-9-10-8-13(10)11-4-3-5-14-12(11)6-7-18-14/h3-5,10,13H,2,6-9H2,1H3,(H,16,17)/t10?,13-/m1/s1. The molecule has 0 bridgehead atoms. The van der Waals surface area contributed by atoms with Crippen molar-refractivity contribution in [1.82, 2.24) is 5.32 Å². The lowest BCUT2D eigenvalue weighted by atomic mass is 10.00. The van der Waals surface area contributed by atoms with Crippen LogP contribution in [0.1, 0.15) is 36.8 Å². The van der Waals surface area contributed by atoms with Crippen LogP contribution in [0, 0.1) is 5.92 Å². The van der Waals surface area contributed by atoms with Crippen LogP contribution in [0.4, 0.5) is 0 Å². The molecule has 1 aliphatic heterocycles. The van der Waals surface area contributed by atoms with Crippen molar-refractivity contribution in [1.29, 1.82) is 0 Å². The Morgan fingerprint density at radius 2 is 2.39 bits per heavy atom. The number of ether oxygens (including phenoxy) is 1. The Bertz CT molecular complexity index is 470. The number of amides is 1. The third kappa shape index (κ3) is 2.09. The van der Waals surface area contributed by atoms with Crippen LogP contribution in [0.3, 0.4) is 0 Å². The average Bonchev–Trinajstić information content (AvgIpc) is 3.00. The van der Waals surface area contributed by atoms with Crippen molar-refractivity contribution >= 4 is 5.91 Å². The van der Waals surface area contributed by atoms with Crippen LogP contribution in [0.5, 0.6) is 5.75 Å². The van der Waals surface area contributed by atoms with E-state index < -0.39 is 0 Å². The first kappa shape index (κ1) is 11.6. The van der Waals surface area contributed by atoms with E-state index in [0.717, 1.165) is 25.3 Å². The van der Waals surface area contributed by atoms with Crippen LogP contribution in [0.25, 0.3) is 0 Å². The van der Waals surface area contributed by atoms with Gasteiger partial charge in [0.05, 0.1) is 6.61 Å². The molecule has 2 aliphatic rings. The van der Waals surface area contributed by atoms with Gasteiger partial charge < -0.3 is 10.1 Å². The monoisotopic (exact) mass is 245 g/mol. The Labute approximate surface area is 108 Å². The molecule has 3 rings (SSSR count). The van der Waals surface area contributed by atoms with Crippen LogP contribution in [0.15, 0.2) is 18.2 Å². The minimum absolute atomic E-state index is 0.155. The molecular weight excluding hydrogens is 226 g/mol. The Morgan fingerprint density at radius 3 is 3.22 bits per heavy atom. The molecule has 1 saturated carbocycles. The number of fused-ring (bicyclic) bond motifs is 1. The van der Waals surface area contributed by atoms with Crippen LogP contribution >= 0.6 is 0 Å². The molecular formula is C15H19NO2. The summed E-state index contributed by atoms with van der Waals surface area (Å²) < 4.78 is 5.60. The Hall–Kier alpha value is -1.51. The molecule has 1 heterocycles. The van der Waals surface area contributed by atoms with Gasteiger partial charge in [-0.05, 0) is 29.9 Å². The minimum atomic E-state index is 0.155. The molecule has 1 N–H and O–H groups in total. The number of rotatable bonds is 4. The molecule has 18 heavy (non-hydrogen) atoms. The van der Waals surface area contributed by atoms with E-state index in [1.165, 1.54) is 17.5 Å². The second kappa shape index (κ2) is 4.63. The summed E-state index contributed by atoms with van der Waals surface area (Å²) >= 11 is 0. The first-order valence-electron chi connectivity index (χ1n) is 6.81. The third-order valence-corrected chi connectivity index (χ3v) is 3.98. The number of hydrogen-bond donors (Lipinski definition) is 1. The summed E-state index contributed by atoms with van der Waals surface area (Å²) in [4.78, 5) is 11.2. The van der Waals surface area contributed by atoms with Crippen LogP contribution in [0.2, 0.25) is 0 Å². The molecule has 96 valence electrons. The Balaban J connectivity index is 1.64. The van der Waals surface area contributed by atoms with Crippen molar-refractivity contribution in [2.75, 3.05) is 13.2 Å². The molecule has 1 unspecified atom stereocenters. The SMILES string of the molecule is CCC(=O)NCC1C[C@H]1c1cccc2c1CCO2. The maximum absolute atomic E-state index is 11.2. The van der Waals surface area contributed by atoms with E-state index in [0.29, 0.717) is 18.3 Å². The minimum Gasteiger partial charge on any atom is -0.493 e. The van der Waals surface area contributed by atoms with Gasteiger partial charge >= 0.3 is 0 Å². The van der Waals surface area contributed by atoms with Gasteiger partial charge in [-0.25, -0.2) is 0 Å². The second-order valence-corrected chi connectivity index (χ2v) is 5.18. The van der Waals surface area contributed by atoms with Crippen molar-refractivity contribution < 1.29 is 9.53 Å². The lowest BCUT2D eigenvalue weighted by Crippen LogP contribution is -2.24. The second-order valence-electron chi connectivity index (χ2n) is 5.18. The summed E-state index contributed by atoms with van der Waals surface area (Å²) in [6, 6.07) is 6.36. The van der Waals surface area contributed by atoms with E-state index in [1.54, 1.807) is 0 Å². The van der Waals surface area contributed by atoms with Gasteiger partial charge in [0, 0.05) is 24.9 Å². The lowest BCUT2D eigenvalue weighted by molar-refractivity contribution is -0.120. The summed E-state index contributed by atoms with van der Waals surface area (Å²) in [5, 5.41) is 2.99. The highest BCUT2D eigenvalue weighted by Crippen LogP contribution is 2.50. The van der Waals surface area contributed by atoms with Gasteiger partial charge in [0.1, 0.15) is 5.75 Å². The van der Waals surface area contributed by atoms with E-state index in [1.807, 2.05) is 6.92 Å². The highest BCUT2D eigenvalue weighted by molar-refractivity contribution is 5.75. The molecule has 1 aliphatic carbocycles. The molecule has 0 saturated heterocycles. The summed E-state index contributed by atoms with van der Waals surface area (Å²) in [5.41, 5.74) is 2.84. The van der Waals surface area contributed by atoms with Crippen LogP contribution in [-0.4, -0.2) is 19.1 Å². The average molecular weight is 245 g/mol. The summed E-state index contributed by atoms with van der Waals surface area (Å²) in [6.45, 7) is 3.53. The van der Waals surface area contributed by atoms with E-state index in [-0.39, 0.29) is 5.91 Å². The molecule has 1 aromatic rings. The smallest absolute Gasteiger partial charge is 0.219 e. The van der Waals surface area contributed by atoms with Gasteiger partial charge in [0.2, 0.25) is 5.91 Å². The normalized spacial score (nSPS) is 24.3. The molecule has 3 nitrogen and oxygen atoms in total. The molecule has 3 heteroatoms. The number of carbonyl (C=O) groups is 1. The number of nitrogens with one attached hydrogen (secondary N) is 1. The van der Waals surface area contributed by atoms with E-state index in [9.17, 15) is 4.79 Å². The summed E-state index contributed by atoms with van der Waals surface area (Å²) in [5.74, 6) is 2.46. The molecule has 0 spiro atoms. The molecule has 1 amide bonds. The number of hydrogen-bond acceptors (Lipinski definition) is 2. The fourth-order valence-corrected chi connectivity index (χ4v) is 2.82. The van der Waals surface area contributed by atoms with Gasteiger partial charge in [0.25, 0.3) is 0 Å². The van der Waals surface area contributed by atoms with E-state index >= 15 is 0 Å². The molecule has 1 fully saturated rings. The number of benzene rings is 1. The lowest BCUT2D eigenvalue weighted by Gasteiger charge is -2.07. The van der Waals surface area contributed by atoms with Crippen LogP contribution < -0.4 is 10.1 Å². The van der Waals surface area contributed by atoms with Crippen molar-refractivity contribution in [3.8, 4) is 5.75 Å². The summed E-state index contributed by atoms with van der Waals surface area (Å²) in [7, 11) is 0. The van der Waals surface area contributed by atoms with Gasteiger partial charge in [0.15, 0.2) is 0 Å². The maximum atomic E-state index is 11.2. The van der Waals surface area contributed by atoms with Crippen molar-refractivity contribution in [2.24, 2.45) is 5.92 Å². The van der Waals surface area contributed by atoms with Crippen molar-refractivity contribution in [3.63, 3.8) is 0 Å². The fourth-order valence-electron chi connectivity index (χ4n) is 2.82. The van der Waals surface area contributed by atoms with Gasteiger partial charge in [-0.2, -0.15) is 0 Å². The zero-order valence-corrected chi connectivity index (χ0v) is 10.7. The van der Waals surface area contributed by atoms with Crippen LogP contribution in [-0.2, 0) is 11.2 Å². The van der Waals surface area contributed by atoms with E-state index in [4.69, 9.17) is 4.74 Å². The maximum Gasteiger partial charge on any atom is 0.219 e. The highest BCUT2D eigenvalue weighted by Gasteiger charge is 2.40. The molecule has 0 aromatic heterocycles. The van der Waals surface area contributed by atoms with Gasteiger partial charge in [-0.1, -0.05) is 19.1 Å². The van der Waals surface area contributed by atoms with Crippen molar-refractivity contribution in [3.05, 3.63) is 29.3 Å². The highest BCUT2D eigenvalue weighted by atomic mass is 16.5. The third-order valence-electron chi connectivity index (χ3n) is 3.98. The first-order chi connectivity index (χ1) is 8.79. The number of carbonyl (C=O) groups excluding carboxylic acids is 1. The first-order valence-corrected chi connectivity index (χ1v) is 6.81. The largest absolute Gasteiger partial charge is 0.493 e. The van der Waals surface area contributed by atoms with Gasteiger partial charge in [-0.15, -0.1) is 0 Å². The predicted molar refractivity (Wildman–Crippen MR) is 69.8 cm³/mol. The Morgan fingerprint density at radius 1 is 1.50 bits per heavy atom. The fraction of sp³-hybridized carbons (Fsp3) is 0.533. The summed E-state index contributed by atoms with van der Waals surface area (Å²) in [6.07, 6.45) is 2.81. The van der Waals surface area contributed by atoms with E-state index in [2.05, 4.69) is 23.5 Å².